The van der Waals surface area contributed by atoms with Gasteiger partial charge in [-0.3, -0.25) is 0 Å². The number of rotatable bonds is 6. The Morgan fingerprint density at radius 1 is 1.06 bits per heavy atom. The number of aryl methyl sites for hydroxylation is 2. The van der Waals surface area contributed by atoms with Gasteiger partial charge in [0.25, 0.3) is 0 Å². The molecule has 1 atom stereocenters. The van der Waals surface area contributed by atoms with Crippen molar-refractivity contribution in [1.82, 2.24) is 0 Å². The molecule has 0 spiro atoms. The molecule has 0 saturated heterocycles. The molecule has 0 aliphatic heterocycles. The number of benzene rings is 1. The molecular formula is C16H26O. The minimum atomic E-state index is -0.560. The van der Waals surface area contributed by atoms with E-state index in [-0.39, 0.29) is 0 Å². The van der Waals surface area contributed by atoms with Gasteiger partial charge in [-0.15, -0.1) is 0 Å². The molecule has 0 aliphatic rings. The van der Waals surface area contributed by atoms with Crippen LogP contribution in [0.15, 0.2) is 18.2 Å². The van der Waals surface area contributed by atoms with Gasteiger partial charge >= 0.3 is 0 Å². The van der Waals surface area contributed by atoms with Crippen LogP contribution in [0.5, 0.6) is 0 Å². The fourth-order valence-electron chi connectivity index (χ4n) is 2.46. The van der Waals surface area contributed by atoms with E-state index in [0.717, 1.165) is 19.3 Å². The minimum absolute atomic E-state index is 0.560. The van der Waals surface area contributed by atoms with E-state index in [1.807, 2.05) is 6.92 Å². The average Bonchev–Trinajstić information content (AvgIpc) is 2.14. The Hall–Kier alpha value is -0.820. The van der Waals surface area contributed by atoms with Crippen LogP contribution in [-0.4, -0.2) is 10.7 Å². The summed E-state index contributed by atoms with van der Waals surface area (Å²) >= 11 is 0. The van der Waals surface area contributed by atoms with Crippen LogP contribution < -0.4 is 0 Å². The molecule has 17 heavy (non-hydrogen) atoms. The number of aliphatic hydroxyl groups is 1. The fraction of sp³-hybridized carbons (Fsp3) is 0.625. The van der Waals surface area contributed by atoms with E-state index in [1.165, 1.54) is 29.5 Å². The normalized spacial score (nSPS) is 14.6. The number of hydrogen-bond acceptors (Lipinski definition) is 1. The van der Waals surface area contributed by atoms with Crippen molar-refractivity contribution in [3.05, 3.63) is 34.9 Å². The third-order valence-corrected chi connectivity index (χ3v) is 3.19. The summed E-state index contributed by atoms with van der Waals surface area (Å²) in [6, 6.07) is 6.54. The molecule has 0 aliphatic carbocycles. The van der Waals surface area contributed by atoms with E-state index in [2.05, 4.69) is 39.0 Å². The molecule has 0 aromatic heterocycles. The number of hydrogen-bond donors (Lipinski definition) is 1. The first-order chi connectivity index (χ1) is 7.93. The summed E-state index contributed by atoms with van der Waals surface area (Å²) in [6.07, 6.45) is 5.20. The van der Waals surface area contributed by atoms with Crippen molar-refractivity contribution in [2.75, 3.05) is 0 Å². The maximum atomic E-state index is 10.4. The van der Waals surface area contributed by atoms with Crippen LogP contribution in [0.2, 0.25) is 0 Å². The molecule has 1 unspecified atom stereocenters. The fourth-order valence-corrected chi connectivity index (χ4v) is 2.46. The topological polar surface area (TPSA) is 20.2 Å². The molecule has 0 radical (unpaired) electrons. The van der Waals surface area contributed by atoms with Crippen LogP contribution in [0.1, 0.15) is 56.2 Å². The lowest BCUT2D eigenvalue weighted by molar-refractivity contribution is 0.0486. The largest absolute Gasteiger partial charge is 0.390 e. The first-order valence-electron chi connectivity index (χ1n) is 6.72. The summed E-state index contributed by atoms with van der Waals surface area (Å²) in [6.45, 7) is 8.38. The van der Waals surface area contributed by atoms with E-state index >= 15 is 0 Å². The first-order valence-corrected chi connectivity index (χ1v) is 6.72. The summed E-state index contributed by atoms with van der Waals surface area (Å²) in [5.74, 6) is 0. The molecule has 0 saturated carbocycles. The highest BCUT2D eigenvalue weighted by atomic mass is 16.3. The molecule has 1 heteroatoms. The molecule has 0 heterocycles. The van der Waals surface area contributed by atoms with Gasteiger partial charge in [0.2, 0.25) is 0 Å². The van der Waals surface area contributed by atoms with Crippen molar-refractivity contribution >= 4 is 0 Å². The van der Waals surface area contributed by atoms with Gasteiger partial charge in [-0.2, -0.15) is 0 Å². The summed E-state index contributed by atoms with van der Waals surface area (Å²) in [5, 5.41) is 10.4. The van der Waals surface area contributed by atoms with E-state index in [1.54, 1.807) is 0 Å². The summed E-state index contributed by atoms with van der Waals surface area (Å²) in [7, 11) is 0. The maximum absolute atomic E-state index is 10.4. The predicted octanol–water partition coefficient (Wildman–Crippen LogP) is 4.18. The monoisotopic (exact) mass is 234 g/mol. The zero-order valence-electron chi connectivity index (χ0n) is 11.7. The van der Waals surface area contributed by atoms with Gasteiger partial charge in [-0.05, 0) is 32.8 Å². The Bertz CT molecular complexity index is 332. The van der Waals surface area contributed by atoms with Crippen LogP contribution in [0.4, 0.5) is 0 Å². The Morgan fingerprint density at radius 3 is 2.18 bits per heavy atom. The lowest BCUT2D eigenvalue weighted by Gasteiger charge is -2.23. The van der Waals surface area contributed by atoms with Crippen LogP contribution >= 0.6 is 0 Å². The Morgan fingerprint density at radius 2 is 1.65 bits per heavy atom. The van der Waals surface area contributed by atoms with Crippen LogP contribution in [0, 0.1) is 13.8 Å². The Kier molecular flexibility index (Phi) is 5.20. The van der Waals surface area contributed by atoms with Crippen molar-refractivity contribution in [3.8, 4) is 0 Å². The van der Waals surface area contributed by atoms with E-state index in [4.69, 9.17) is 0 Å². The Labute approximate surface area is 106 Å². The van der Waals surface area contributed by atoms with Gasteiger partial charge in [-0.1, -0.05) is 55.5 Å². The van der Waals surface area contributed by atoms with Gasteiger partial charge < -0.3 is 5.11 Å². The van der Waals surface area contributed by atoms with E-state index < -0.39 is 5.60 Å². The third kappa shape index (κ3) is 5.36. The summed E-state index contributed by atoms with van der Waals surface area (Å²) in [4.78, 5) is 0. The standard InChI is InChI=1S/C16H26O/c1-5-6-7-8-16(4,17)12-15-10-13(2)9-14(3)11-15/h9-11,17H,5-8,12H2,1-4H3. The molecule has 1 nitrogen and oxygen atoms in total. The molecule has 1 aromatic carbocycles. The Balaban J connectivity index is 2.62. The molecule has 1 rings (SSSR count). The number of unbranched alkanes of at least 4 members (excludes halogenated alkanes) is 2. The van der Waals surface area contributed by atoms with Gasteiger partial charge in [0.05, 0.1) is 5.60 Å². The van der Waals surface area contributed by atoms with Gasteiger partial charge in [0.1, 0.15) is 0 Å². The lowest BCUT2D eigenvalue weighted by atomic mass is 9.90. The van der Waals surface area contributed by atoms with Crippen molar-refractivity contribution in [3.63, 3.8) is 0 Å². The van der Waals surface area contributed by atoms with E-state index in [0.29, 0.717) is 0 Å². The van der Waals surface area contributed by atoms with Crippen molar-refractivity contribution in [2.45, 2.75) is 65.4 Å². The smallest absolute Gasteiger partial charge is 0.0660 e. The predicted molar refractivity (Wildman–Crippen MR) is 74.4 cm³/mol. The van der Waals surface area contributed by atoms with Gasteiger partial charge in [0, 0.05) is 6.42 Å². The van der Waals surface area contributed by atoms with Crippen molar-refractivity contribution in [2.24, 2.45) is 0 Å². The summed E-state index contributed by atoms with van der Waals surface area (Å²) < 4.78 is 0. The van der Waals surface area contributed by atoms with Crippen LogP contribution in [0.3, 0.4) is 0 Å². The van der Waals surface area contributed by atoms with Crippen LogP contribution in [-0.2, 0) is 6.42 Å². The van der Waals surface area contributed by atoms with Crippen molar-refractivity contribution < 1.29 is 5.11 Å². The molecule has 0 amide bonds. The highest BCUT2D eigenvalue weighted by Crippen LogP contribution is 2.21. The lowest BCUT2D eigenvalue weighted by Crippen LogP contribution is -2.27. The molecule has 1 aromatic rings. The van der Waals surface area contributed by atoms with Crippen molar-refractivity contribution in [1.29, 1.82) is 0 Å². The zero-order valence-corrected chi connectivity index (χ0v) is 11.7. The van der Waals surface area contributed by atoms with Gasteiger partial charge in [0.15, 0.2) is 0 Å². The molecule has 0 bridgehead atoms. The van der Waals surface area contributed by atoms with Crippen LogP contribution in [0.25, 0.3) is 0 Å². The third-order valence-electron chi connectivity index (χ3n) is 3.19. The second-order valence-corrected chi connectivity index (χ2v) is 5.63. The summed E-state index contributed by atoms with van der Waals surface area (Å²) in [5.41, 5.74) is 3.26. The SMILES string of the molecule is CCCCCC(C)(O)Cc1cc(C)cc(C)c1. The molecule has 0 fully saturated rings. The highest BCUT2D eigenvalue weighted by Gasteiger charge is 2.20. The quantitative estimate of drug-likeness (QED) is 0.732. The first kappa shape index (κ1) is 14.2. The molecular weight excluding hydrogens is 208 g/mol. The average molecular weight is 234 g/mol. The second-order valence-electron chi connectivity index (χ2n) is 5.63. The second kappa shape index (κ2) is 6.20. The zero-order chi connectivity index (χ0) is 12.9. The van der Waals surface area contributed by atoms with E-state index in [9.17, 15) is 5.11 Å². The van der Waals surface area contributed by atoms with Gasteiger partial charge in [-0.25, -0.2) is 0 Å². The maximum Gasteiger partial charge on any atom is 0.0660 e. The highest BCUT2D eigenvalue weighted by molar-refractivity contribution is 5.29. The minimum Gasteiger partial charge on any atom is -0.390 e. The molecule has 96 valence electrons. The molecule has 1 N–H and O–H groups in total.